The molecular formula is C26H29FN4O3. The van der Waals surface area contributed by atoms with Crippen molar-refractivity contribution in [3.63, 3.8) is 0 Å². The highest BCUT2D eigenvalue weighted by atomic mass is 19.1. The van der Waals surface area contributed by atoms with Crippen molar-refractivity contribution < 1.29 is 18.8 Å². The third-order valence-corrected chi connectivity index (χ3v) is 7.03. The molecule has 1 N–H and O–H groups in total. The van der Waals surface area contributed by atoms with Gasteiger partial charge in [0.1, 0.15) is 18.4 Å². The number of carbonyl (C=O) groups excluding carboxylic acids is 3. The number of aryl methyl sites for hydroxylation is 1. The fraction of sp³-hybridized carbons (Fsp3) is 0.423. The molecule has 0 radical (unpaired) electrons. The van der Waals surface area contributed by atoms with Crippen molar-refractivity contribution in [1.29, 1.82) is 0 Å². The Hall–Kier alpha value is -3.42. The van der Waals surface area contributed by atoms with E-state index in [4.69, 9.17) is 0 Å². The number of piperidine rings is 1. The van der Waals surface area contributed by atoms with Crippen LogP contribution in [0.3, 0.4) is 0 Å². The smallest absolute Gasteiger partial charge is 0.253 e. The van der Waals surface area contributed by atoms with Gasteiger partial charge in [-0.2, -0.15) is 0 Å². The van der Waals surface area contributed by atoms with Gasteiger partial charge in [-0.15, -0.1) is 0 Å². The molecule has 178 valence electrons. The molecule has 7 nitrogen and oxygen atoms in total. The fourth-order valence-corrected chi connectivity index (χ4v) is 5.17. The van der Waals surface area contributed by atoms with Gasteiger partial charge >= 0.3 is 0 Å². The second-order valence-corrected chi connectivity index (χ2v) is 9.34. The van der Waals surface area contributed by atoms with Gasteiger partial charge in [-0.1, -0.05) is 6.07 Å². The first-order valence-electron chi connectivity index (χ1n) is 12.0. The van der Waals surface area contributed by atoms with Crippen molar-refractivity contribution in [2.45, 2.75) is 45.1 Å². The monoisotopic (exact) mass is 464 g/mol. The van der Waals surface area contributed by atoms with Crippen LogP contribution in [0.5, 0.6) is 0 Å². The molecule has 5 rings (SSSR count). The lowest BCUT2D eigenvalue weighted by atomic mass is 9.95. The lowest BCUT2D eigenvalue weighted by Crippen LogP contribution is -2.56. The summed E-state index contributed by atoms with van der Waals surface area (Å²) in [4.78, 5) is 44.8. The normalized spacial score (nSPS) is 19.6. The number of benzene rings is 2. The minimum Gasteiger partial charge on any atom is -0.358 e. The topological polar surface area (TPSA) is 73.0 Å². The standard InChI is InChI=1S/C26H29FN4O3/c1-17-7-9-19(15-20(17)27)28-24(32)16-31-23-14-18(25(33)29-11-4-5-12-29)8-10-21(23)30-13-3-2-6-22(30)26(31)34/h7-10,14-15,22H,2-6,11-13,16H2,1H3,(H,28,32)/t22-/m0/s1. The lowest BCUT2D eigenvalue weighted by molar-refractivity contribution is -0.123. The first kappa shape index (κ1) is 22.4. The number of carbonyl (C=O) groups is 3. The van der Waals surface area contributed by atoms with Crippen LogP contribution in [0, 0.1) is 12.7 Å². The number of likely N-dealkylation sites (tertiary alicyclic amines) is 1. The molecular weight excluding hydrogens is 435 g/mol. The number of rotatable bonds is 4. The Morgan fingerprint density at radius 1 is 1.00 bits per heavy atom. The highest BCUT2D eigenvalue weighted by molar-refractivity contribution is 6.11. The molecule has 34 heavy (non-hydrogen) atoms. The summed E-state index contributed by atoms with van der Waals surface area (Å²) in [7, 11) is 0. The predicted octanol–water partition coefficient (Wildman–Crippen LogP) is 3.71. The second kappa shape index (κ2) is 9.08. The van der Waals surface area contributed by atoms with E-state index in [-0.39, 0.29) is 24.4 Å². The van der Waals surface area contributed by atoms with E-state index < -0.39 is 11.7 Å². The summed E-state index contributed by atoms with van der Waals surface area (Å²) in [5, 5.41) is 2.70. The molecule has 3 aliphatic heterocycles. The summed E-state index contributed by atoms with van der Waals surface area (Å²) < 4.78 is 13.9. The lowest BCUT2D eigenvalue weighted by Gasteiger charge is -2.45. The Labute approximate surface area is 198 Å². The van der Waals surface area contributed by atoms with Gasteiger partial charge in [0.25, 0.3) is 5.91 Å². The number of halogens is 1. The van der Waals surface area contributed by atoms with Crippen molar-refractivity contribution in [2.24, 2.45) is 0 Å². The number of hydrogen-bond acceptors (Lipinski definition) is 4. The van der Waals surface area contributed by atoms with E-state index in [0.717, 1.165) is 57.4 Å². The Balaban J connectivity index is 1.45. The third-order valence-electron chi connectivity index (χ3n) is 7.03. The van der Waals surface area contributed by atoms with Crippen LogP contribution in [0.1, 0.15) is 48.0 Å². The molecule has 1 atom stereocenters. The van der Waals surface area contributed by atoms with Crippen molar-refractivity contribution in [2.75, 3.05) is 41.3 Å². The maximum Gasteiger partial charge on any atom is 0.253 e. The average molecular weight is 465 g/mol. The fourth-order valence-electron chi connectivity index (χ4n) is 5.17. The summed E-state index contributed by atoms with van der Waals surface area (Å²) in [6, 6.07) is 9.68. The molecule has 0 saturated carbocycles. The first-order chi connectivity index (χ1) is 16.4. The molecule has 2 saturated heterocycles. The van der Waals surface area contributed by atoms with Crippen LogP contribution >= 0.6 is 0 Å². The van der Waals surface area contributed by atoms with E-state index in [2.05, 4.69) is 10.2 Å². The number of fused-ring (bicyclic) bond motifs is 3. The summed E-state index contributed by atoms with van der Waals surface area (Å²) in [5.74, 6) is -1.00. The molecule has 0 aliphatic carbocycles. The molecule has 0 bridgehead atoms. The molecule has 0 spiro atoms. The maximum atomic E-state index is 13.9. The minimum absolute atomic E-state index is 0.0481. The SMILES string of the molecule is Cc1ccc(NC(=O)CN2C(=O)[C@@H]3CCCCN3c3ccc(C(=O)N4CCCC4)cc32)cc1F. The molecule has 2 aromatic rings. The van der Waals surface area contributed by atoms with Gasteiger partial charge < -0.3 is 15.1 Å². The Morgan fingerprint density at radius 3 is 2.53 bits per heavy atom. The van der Waals surface area contributed by atoms with E-state index in [1.165, 1.54) is 11.0 Å². The van der Waals surface area contributed by atoms with Crippen LogP contribution in [0.25, 0.3) is 0 Å². The van der Waals surface area contributed by atoms with Crippen LogP contribution in [0.2, 0.25) is 0 Å². The summed E-state index contributed by atoms with van der Waals surface area (Å²) in [5.41, 5.74) is 2.81. The molecule has 3 aliphatic rings. The third kappa shape index (κ3) is 4.13. The Bertz CT molecular complexity index is 1140. The van der Waals surface area contributed by atoms with Crippen molar-refractivity contribution >= 4 is 34.8 Å². The minimum atomic E-state index is -0.414. The maximum absolute atomic E-state index is 13.9. The summed E-state index contributed by atoms with van der Waals surface area (Å²) in [6.07, 6.45) is 4.68. The largest absolute Gasteiger partial charge is 0.358 e. The summed E-state index contributed by atoms with van der Waals surface area (Å²) >= 11 is 0. The second-order valence-electron chi connectivity index (χ2n) is 9.34. The Kier molecular flexibility index (Phi) is 5.98. The first-order valence-corrected chi connectivity index (χ1v) is 12.0. The van der Waals surface area contributed by atoms with Gasteiger partial charge in [0.2, 0.25) is 11.8 Å². The quantitative estimate of drug-likeness (QED) is 0.749. The van der Waals surface area contributed by atoms with Gasteiger partial charge in [0.05, 0.1) is 11.4 Å². The van der Waals surface area contributed by atoms with E-state index >= 15 is 0 Å². The molecule has 2 aromatic carbocycles. The zero-order valence-corrected chi connectivity index (χ0v) is 19.3. The van der Waals surface area contributed by atoms with Crippen LogP contribution in [-0.4, -0.2) is 54.8 Å². The van der Waals surface area contributed by atoms with Gasteiger partial charge in [-0.25, -0.2) is 4.39 Å². The van der Waals surface area contributed by atoms with Crippen LogP contribution in [-0.2, 0) is 9.59 Å². The van der Waals surface area contributed by atoms with E-state index in [9.17, 15) is 18.8 Å². The zero-order valence-electron chi connectivity index (χ0n) is 19.3. The molecule has 0 aromatic heterocycles. The van der Waals surface area contributed by atoms with Crippen LogP contribution in [0.15, 0.2) is 36.4 Å². The number of amides is 3. The van der Waals surface area contributed by atoms with Crippen molar-refractivity contribution in [3.05, 3.63) is 53.3 Å². The van der Waals surface area contributed by atoms with E-state index in [0.29, 0.717) is 22.5 Å². The molecule has 0 unspecified atom stereocenters. The number of anilines is 3. The van der Waals surface area contributed by atoms with Crippen LogP contribution < -0.4 is 15.1 Å². The van der Waals surface area contributed by atoms with Gasteiger partial charge in [-0.05, 0) is 74.9 Å². The van der Waals surface area contributed by atoms with Crippen molar-refractivity contribution in [3.8, 4) is 0 Å². The van der Waals surface area contributed by atoms with Gasteiger partial charge in [0.15, 0.2) is 0 Å². The highest BCUT2D eigenvalue weighted by Crippen LogP contribution is 2.40. The number of nitrogens with zero attached hydrogens (tertiary/aromatic N) is 3. The average Bonchev–Trinajstić information content (AvgIpc) is 3.38. The van der Waals surface area contributed by atoms with Gasteiger partial charge in [-0.3, -0.25) is 19.3 Å². The molecule has 8 heteroatoms. The number of hydrogen-bond donors (Lipinski definition) is 1. The van der Waals surface area contributed by atoms with E-state index in [1.54, 1.807) is 25.1 Å². The molecule has 2 fully saturated rings. The van der Waals surface area contributed by atoms with Crippen LogP contribution in [0.4, 0.5) is 21.5 Å². The number of nitrogens with one attached hydrogen (secondary N) is 1. The van der Waals surface area contributed by atoms with Gasteiger partial charge in [0, 0.05) is 30.9 Å². The Morgan fingerprint density at radius 2 is 1.76 bits per heavy atom. The van der Waals surface area contributed by atoms with Crippen molar-refractivity contribution in [1.82, 2.24) is 4.90 Å². The zero-order chi connectivity index (χ0) is 23.8. The molecule has 3 amide bonds. The van der Waals surface area contributed by atoms with E-state index in [1.807, 2.05) is 17.0 Å². The summed E-state index contributed by atoms with van der Waals surface area (Å²) in [6.45, 7) is 3.70. The highest BCUT2D eigenvalue weighted by Gasteiger charge is 2.40. The molecule has 3 heterocycles. The predicted molar refractivity (Wildman–Crippen MR) is 129 cm³/mol.